The molecule has 2 rings (SSSR count). The minimum Gasteiger partial charge on any atom is -0.352 e. The quantitative estimate of drug-likeness (QED) is 0.730. The molecule has 2 atom stereocenters. The lowest BCUT2D eigenvalue weighted by Crippen LogP contribution is -2.46. The summed E-state index contributed by atoms with van der Waals surface area (Å²) in [5, 5.41) is 12.0. The first-order chi connectivity index (χ1) is 10.8. The summed E-state index contributed by atoms with van der Waals surface area (Å²) in [5.74, 6) is -2.94. The topological polar surface area (TPSA) is 107 Å². The normalized spacial score (nSPS) is 24.8. The molecule has 0 bridgehead atoms. The lowest BCUT2D eigenvalue weighted by molar-refractivity contribution is -0.134. The van der Waals surface area contributed by atoms with E-state index >= 15 is 0 Å². The first-order valence-corrected chi connectivity index (χ1v) is 9.86. The van der Waals surface area contributed by atoms with Gasteiger partial charge < -0.3 is 5.32 Å². The number of rotatable bonds is 5. The Kier molecular flexibility index (Phi) is 5.76. The number of hydrogen-bond donors (Lipinski definition) is 1. The van der Waals surface area contributed by atoms with Gasteiger partial charge in [0, 0.05) is 25.0 Å². The second kappa shape index (κ2) is 7.41. The number of sulfonamides is 1. The van der Waals surface area contributed by atoms with Gasteiger partial charge in [-0.1, -0.05) is 12.8 Å². The van der Waals surface area contributed by atoms with Crippen molar-refractivity contribution in [2.24, 2.45) is 11.8 Å². The molecule has 1 saturated carbocycles. The highest BCUT2D eigenvalue weighted by atomic mass is 32.2. The first-order valence-electron chi connectivity index (χ1n) is 8.01. The van der Waals surface area contributed by atoms with E-state index in [1.807, 2.05) is 0 Å². The van der Waals surface area contributed by atoms with Crippen molar-refractivity contribution in [1.82, 2.24) is 9.62 Å². The summed E-state index contributed by atoms with van der Waals surface area (Å²) in [4.78, 5) is 24.7. The number of carbonyl (C=O) groups is 2. The van der Waals surface area contributed by atoms with Crippen LogP contribution in [0, 0.1) is 23.2 Å². The highest BCUT2D eigenvalue weighted by Crippen LogP contribution is 2.23. The highest BCUT2D eigenvalue weighted by molar-refractivity contribution is 7.88. The average molecular weight is 341 g/mol. The number of Topliss-reactive ketones (excluding diaryl/α,β-unsaturated/α-hetero) is 1. The molecule has 0 aromatic heterocycles. The first kappa shape index (κ1) is 17.9. The molecule has 7 nitrogen and oxygen atoms in total. The van der Waals surface area contributed by atoms with E-state index in [9.17, 15) is 23.3 Å². The predicted molar refractivity (Wildman–Crippen MR) is 83.6 cm³/mol. The molecule has 1 saturated heterocycles. The van der Waals surface area contributed by atoms with Crippen LogP contribution in [0.3, 0.4) is 0 Å². The van der Waals surface area contributed by atoms with Gasteiger partial charge in [-0.15, -0.1) is 0 Å². The van der Waals surface area contributed by atoms with Crippen molar-refractivity contribution in [1.29, 1.82) is 5.26 Å². The molecule has 1 heterocycles. The number of amides is 1. The van der Waals surface area contributed by atoms with Gasteiger partial charge in [-0.2, -0.15) is 5.26 Å². The van der Waals surface area contributed by atoms with Gasteiger partial charge in [0.25, 0.3) is 0 Å². The Balaban J connectivity index is 2.01. The van der Waals surface area contributed by atoms with Crippen LogP contribution in [0.15, 0.2) is 0 Å². The maximum absolute atomic E-state index is 12.5. The monoisotopic (exact) mass is 341 g/mol. The number of carbonyl (C=O) groups excluding carboxylic acids is 2. The fourth-order valence-corrected chi connectivity index (χ4v) is 4.23. The van der Waals surface area contributed by atoms with Gasteiger partial charge in [-0.3, -0.25) is 9.59 Å². The maximum atomic E-state index is 12.5. The zero-order valence-electron chi connectivity index (χ0n) is 13.3. The SMILES string of the molecule is CS(=O)(=O)N1CCC[C@@H](C(=O)[C@H](C#N)C(=O)NC2CCCC2)C1. The van der Waals surface area contributed by atoms with Crippen molar-refractivity contribution in [3.8, 4) is 6.07 Å². The number of hydrogen-bond acceptors (Lipinski definition) is 5. The molecular formula is C15H23N3O4S. The Morgan fingerprint density at radius 2 is 1.87 bits per heavy atom. The largest absolute Gasteiger partial charge is 0.352 e. The fourth-order valence-electron chi connectivity index (χ4n) is 3.32. The van der Waals surface area contributed by atoms with Gasteiger partial charge in [0.05, 0.1) is 12.3 Å². The van der Waals surface area contributed by atoms with E-state index in [2.05, 4.69) is 5.32 Å². The number of nitriles is 1. The minimum atomic E-state index is -3.37. The second-order valence-corrected chi connectivity index (χ2v) is 8.40. The van der Waals surface area contributed by atoms with Gasteiger partial charge in [0.2, 0.25) is 15.9 Å². The third-order valence-electron chi connectivity index (χ3n) is 4.63. The highest BCUT2D eigenvalue weighted by Gasteiger charge is 2.37. The predicted octanol–water partition coefficient (Wildman–Crippen LogP) is 0.426. The molecule has 8 heteroatoms. The van der Waals surface area contributed by atoms with E-state index in [1.54, 1.807) is 6.07 Å². The molecule has 23 heavy (non-hydrogen) atoms. The standard InChI is InChI=1S/C15H23N3O4S/c1-23(21,22)18-8-4-5-11(10-18)14(19)13(9-16)15(20)17-12-6-2-3-7-12/h11-13H,2-8,10H2,1H3,(H,17,20)/t11-,13+/m1/s1. The Hall–Kier alpha value is -1.46. The summed E-state index contributed by atoms with van der Waals surface area (Å²) in [6.07, 6.45) is 6.02. The Morgan fingerprint density at radius 1 is 1.22 bits per heavy atom. The summed E-state index contributed by atoms with van der Waals surface area (Å²) < 4.78 is 24.5. The summed E-state index contributed by atoms with van der Waals surface area (Å²) in [6.45, 7) is 0.445. The third kappa shape index (κ3) is 4.52. The molecule has 0 unspecified atom stereocenters. The van der Waals surface area contributed by atoms with E-state index in [0.29, 0.717) is 19.4 Å². The van der Waals surface area contributed by atoms with Crippen molar-refractivity contribution < 1.29 is 18.0 Å². The van der Waals surface area contributed by atoms with Gasteiger partial charge >= 0.3 is 0 Å². The summed E-state index contributed by atoms with van der Waals surface area (Å²) in [5.41, 5.74) is 0. The molecule has 1 aliphatic carbocycles. The van der Waals surface area contributed by atoms with Crippen LogP contribution in [0.5, 0.6) is 0 Å². The summed E-state index contributed by atoms with van der Waals surface area (Å²) in [6, 6.07) is 1.84. The second-order valence-electron chi connectivity index (χ2n) is 6.41. The zero-order valence-corrected chi connectivity index (χ0v) is 14.1. The fraction of sp³-hybridized carbons (Fsp3) is 0.800. The molecule has 2 fully saturated rings. The van der Waals surface area contributed by atoms with E-state index in [1.165, 1.54) is 4.31 Å². The molecule has 2 aliphatic rings. The summed E-state index contributed by atoms with van der Waals surface area (Å²) >= 11 is 0. The van der Waals surface area contributed by atoms with Crippen LogP contribution in [-0.2, 0) is 19.6 Å². The number of nitrogens with one attached hydrogen (secondary N) is 1. The molecule has 0 aromatic carbocycles. The molecule has 0 radical (unpaired) electrons. The van der Waals surface area contributed by atoms with Crippen LogP contribution in [0.25, 0.3) is 0 Å². The molecular weight excluding hydrogens is 318 g/mol. The van der Waals surface area contributed by atoms with E-state index in [4.69, 9.17) is 0 Å². The van der Waals surface area contributed by atoms with Gasteiger partial charge in [0.1, 0.15) is 0 Å². The minimum absolute atomic E-state index is 0.0463. The van der Waals surface area contributed by atoms with E-state index in [-0.39, 0.29) is 12.6 Å². The van der Waals surface area contributed by atoms with Crippen LogP contribution >= 0.6 is 0 Å². The molecule has 0 aromatic rings. The Bertz CT molecular complexity index is 605. The molecule has 1 aliphatic heterocycles. The van der Waals surface area contributed by atoms with Gasteiger partial charge in [-0.25, -0.2) is 12.7 Å². The van der Waals surface area contributed by atoms with Crippen molar-refractivity contribution in [3.63, 3.8) is 0 Å². The smallest absolute Gasteiger partial charge is 0.245 e. The third-order valence-corrected chi connectivity index (χ3v) is 5.90. The van der Waals surface area contributed by atoms with Crippen molar-refractivity contribution in [3.05, 3.63) is 0 Å². The maximum Gasteiger partial charge on any atom is 0.245 e. The van der Waals surface area contributed by atoms with Crippen LogP contribution in [0.1, 0.15) is 38.5 Å². The number of ketones is 1. The van der Waals surface area contributed by atoms with Crippen LogP contribution in [-0.4, -0.2) is 49.8 Å². The Labute approximate surface area is 137 Å². The molecule has 128 valence electrons. The van der Waals surface area contributed by atoms with Crippen molar-refractivity contribution in [2.75, 3.05) is 19.3 Å². The van der Waals surface area contributed by atoms with Crippen molar-refractivity contribution in [2.45, 2.75) is 44.6 Å². The zero-order chi connectivity index (χ0) is 17.0. The van der Waals surface area contributed by atoms with Crippen LogP contribution < -0.4 is 5.32 Å². The lowest BCUT2D eigenvalue weighted by atomic mass is 9.87. The van der Waals surface area contributed by atoms with E-state index < -0.39 is 33.5 Å². The number of piperidine rings is 1. The lowest BCUT2D eigenvalue weighted by Gasteiger charge is -2.30. The van der Waals surface area contributed by atoms with Gasteiger partial charge in [0.15, 0.2) is 11.7 Å². The van der Waals surface area contributed by atoms with Crippen molar-refractivity contribution >= 4 is 21.7 Å². The molecule has 1 N–H and O–H groups in total. The van der Waals surface area contributed by atoms with Gasteiger partial charge in [-0.05, 0) is 25.7 Å². The van der Waals surface area contributed by atoms with E-state index in [0.717, 1.165) is 31.9 Å². The molecule has 1 amide bonds. The number of nitrogens with zero attached hydrogens (tertiary/aromatic N) is 2. The average Bonchev–Trinajstić information content (AvgIpc) is 3.00. The molecule has 0 spiro atoms. The Morgan fingerprint density at radius 3 is 2.43 bits per heavy atom. The van der Waals surface area contributed by atoms with Crippen LogP contribution in [0.2, 0.25) is 0 Å². The summed E-state index contributed by atoms with van der Waals surface area (Å²) in [7, 11) is -3.37. The van der Waals surface area contributed by atoms with Crippen LogP contribution in [0.4, 0.5) is 0 Å².